The Morgan fingerprint density at radius 3 is 2.69 bits per heavy atom. The Morgan fingerprint density at radius 2 is 2.06 bits per heavy atom. The van der Waals surface area contributed by atoms with Crippen molar-refractivity contribution in [3.63, 3.8) is 0 Å². The van der Waals surface area contributed by atoms with Crippen molar-refractivity contribution >= 4 is 38.6 Å². The topological polar surface area (TPSA) is 70.2 Å². The number of Topliss-reactive ketones (excluding diaryl/α,β-unsaturated/α-hetero) is 1. The average Bonchev–Trinajstić information content (AvgIpc) is 2.60. The molecular weight excluding hydrogens is 274 g/mol. The molecule has 0 unspecified atom stereocenters. The van der Waals surface area contributed by atoms with Crippen molar-refractivity contribution in [2.45, 2.75) is 6.92 Å². The monoisotopic (exact) mass is 281 g/mol. The van der Waals surface area contributed by atoms with Crippen LogP contribution in [0, 0.1) is 6.92 Å². The van der Waals surface area contributed by atoms with Crippen LogP contribution in [0.3, 0.4) is 0 Å². The number of aryl methyl sites for hydroxylation is 1. The molecule has 0 aliphatic heterocycles. The molecular formula is C11H8BrNO3. The summed E-state index contributed by atoms with van der Waals surface area (Å²) in [6, 6.07) is 3.61. The van der Waals surface area contributed by atoms with E-state index in [4.69, 9.17) is 5.11 Å². The van der Waals surface area contributed by atoms with Gasteiger partial charge in [-0.3, -0.25) is 4.79 Å². The third kappa shape index (κ3) is 1.63. The summed E-state index contributed by atoms with van der Waals surface area (Å²) < 4.78 is 0.913. The number of aromatic amines is 1. The van der Waals surface area contributed by atoms with Crippen molar-refractivity contribution in [3.05, 3.63) is 33.9 Å². The molecule has 0 radical (unpaired) electrons. The fraction of sp³-hybridized carbons (Fsp3) is 0.0909. The number of halogens is 1. The molecule has 4 nitrogen and oxygen atoms in total. The Kier molecular flexibility index (Phi) is 2.55. The predicted molar refractivity (Wildman–Crippen MR) is 62.7 cm³/mol. The van der Waals surface area contributed by atoms with Crippen LogP contribution in [0.4, 0.5) is 0 Å². The van der Waals surface area contributed by atoms with Crippen LogP contribution in [0.15, 0.2) is 22.8 Å². The van der Waals surface area contributed by atoms with Crippen LogP contribution in [0.25, 0.3) is 10.9 Å². The maximum absolute atomic E-state index is 11.4. The highest BCUT2D eigenvalue weighted by molar-refractivity contribution is 9.10. The molecule has 1 heterocycles. The summed E-state index contributed by atoms with van der Waals surface area (Å²) >= 11 is 3.37. The third-order valence-electron chi connectivity index (χ3n) is 2.40. The molecule has 0 saturated carbocycles. The molecule has 2 aromatic rings. The van der Waals surface area contributed by atoms with E-state index in [2.05, 4.69) is 20.9 Å². The molecule has 0 amide bonds. The van der Waals surface area contributed by atoms with E-state index in [1.807, 2.05) is 13.0 Å². The number of aromatic nitrogens is 1. The zero-order chi connectivity index (χ0) is 11.9. The summed E-state index contributed by atoms with van der Waals surface area (Å²) in [6.07, 6.45) is 1.42. The number of carboxylic acids is 1. The summed E-state index contributed by atoms with van der Waals surface area (Å²) in [4.78, 5) is 24.9. The fourth-order valence-corrected chi connectivity index (χ4v) is 1.90. The first kappa shape index (κ1) is 10.9. The first-order valence-corrected chi connectivity index (χ1v) is 5.35. The molecule has 16 heavy (non-hydrogen) atoms. The Hall–Kier alpha value is -1.62. The highest BCUT2D eigenvalue weighted by atomic mass is 79.9. The van der Waals surface area contributed by atoms with E-state index in [0.717, 1.165) is 15.6 Å². The van der Waals surface area contributed by atoms with E-state index < -0.39 is 11.8 Å². The number of rotatable bonds is 2. The third-order valence-corrected chi connectivity index (χ3v) is 3.25. The van der Waals surface area contributed by atoms with Crippen molar-refractivity contribution < 1.29 is 14.7 Å². The summed E-state index contributed by atoms with van der Waals surface area (Å²) in [6.45, 7) is 1.88. The van der Waals surface area contributed by atoms with Gasteiger partial charge >= 0.3 is 5.97 Å². The molecule has 1 aromatic heterocycles. The standard InChI is InChI=1S/C11H8BrNO3/c1-5-2-6-7(10(14)11(15)16)4-13-9(6)3-8(5)12/h2-4,13H,1H3,(H,15,16). The normalized spacial score (nSPS) is 10.6. The van der Waals surface area contributed by atoms with Gasteiger partial charge in [0.05, 0.1) is 5.56 Å². The molecule has 2 N–H and O–H groups in total. The number of carbonyl (C=O) groups excluding carboxylic acids is 1. The molecule has 0 atom stereocenters. The average molecular weight is 282 g/mol. The van der Waals surface area contributed by atoms with Crippen LogP contribution in [0.1, 0.15) is 15.9 Å². The quantitative estimate of drug-likeness (QED) is 0.656. The second-order valence-electron chi connectivity index (χ2n) is 3.48. The van der Waals surface area contributed by atoms with E-state index in [-0.39, 0.29) is 5.56 Å². The lowest BCUT2D eigenvalue weighted by atomic mass is 10.1. The van der Waals surface area contributed by atoms with Crippen LogP contribution in [-0.2, 0) is 4.79 Å². The van der Waals surface area contributed by atoms with Gasteiger partial charge in [0.1, 0.15) is 0 Å². The molecule has 0 fully saturated rings. The molecule has 0 spiro atoms. The minimum absolute atomic E-state index is 0.193. The van der Waals surface area contributed by atoms with Crippen molar-refractivity contribution in [2.24, 2.45) is 0 Å². The van der Waals surface area contributed by atoms with Crippen LogP contribution in [-0.4, -0.2) is 21.8 Å². The lowest BCUT2D eigenvalue weighted by Gasteiger charge is -1.99. The Morgan fingerprint density at radius 1 is 1.38 bits per heavy atom. The number of aliphatic carboxylic acids is 1. The second kappa shape index (κ2) is 3.75. The van der Waals surface area contributed by atoms with Gasteiger partial charge in [0, 0.05) is 21.6 Å². The lowest BCUT2D eigenvalue weighted by Crippen LogP contribution is -2.11. The predicted octanol–water partition coefficient (Wildman–Crippen LogP) is 2.51. The molecule has 1 aromatic carbocycles. The maximum atomic E-state index is 11.4. The minimum Gasteiger partial charge on any atom is -0.475 e. The van der Waals surface area contributed by atoms with Crippen LogP contribution in [0.2, 0.25) is 0 Å². The maximum Gasteiger partial charge on any atom is 0.377 e. The first-order chi connectivity index (χ1) is 7.50. The molecule has 0 aliphatic carbocycles. The smallest absolute Gasteiger partial charge is 0.377 e. The number of fused-ring (bicyclic) bond motifs is 1. The van der Waals surface area contributed by atoms with Crippen molar-refractivity contribution in [1.82, 2.24) is 4.98 Å². The Balaban J connectivity index is 2.69. The summed E-state index contributed by atoms with van der Waals surface area (Å²) in [7, 11) is 0. The molecule has 0 aliphatic rings. The van der Waals surface area contributed by atoms with E-state index in [9.17, 15) is 9.59 Å². The van der Waals surface area contributed by atoms with Gasteiger partial charge in [-0.05, 0) is 24.6 Å². The zero-order valence-corrected chi connectivity index (χ0v) is 9.96. The Bertz CT molecular complexity index is 601. The SMILES string of the molecule is Cc1cc2c(C(=O)C(=O)O)c[nH]c2cc1Br. The number of hydrogen-bond donors (Lipinski definition) is 2. The van der Waals surface area contributed by atoms with Gasteiger partial charge in [0.15, 0.2) is 0 Å². The second-order valence-corrected chi connectivity index (χ2v) is 4.34. The van der Waals surface area contributed by atoms with E-state index in [1.165, 1.54) is 6.20 Å². The van der Waals surface area contributed by atoms with E-state index in [1.54, 1.807) is 6.07 Å². The number of nitrogens with one attached hydrogen (secondary N) is 1. The Labute approximate surface area is 99.4 Å². The van der Waals surface area contributed by atoms with E-state index in [0.29, 0.717) is 5.39 Å². The molecule has 0 bridgehead atoms. The fourth-order valence-electron chi connectivity index (χ4n) is 1.55. The van der Waals surface area contributed by atoms with Crippen LogP contribution >= 0.6 is 15.9 Å². The highest BCUT2D eigenvalue weighted by Crippen LogP contribution is 2.26. The summed E-state index contributed by atoms with van der Waals surface area (Å²) in [5, 5.41) is 9.30. The molecule has 5 heteroatoms. The van der Waals surface area contributed by atoms with Crippen molar-refractivity contribution in [2.75, 3.05) is 0 Å². The van der Waals surface area contributed by atoms with Crippen molar-refractivity contribution in [3.8, 4) is 0 Å². The van der Waals surface area contributed by atoms with Gasteiger partial charge in [0.2, 0.25) is 0 Å². The van der Waals surface area contributed by atoms with Gasteiger partial charge in [-0.25, -0.2) is 4.79 Å². The largest absolute Gasteiger partial charge is 0.475 e. The van der Waals surface area contributed by atoms with Gasteiger partial charge in [-0.2, -0.15) is 0 Å². The lowest BCUT2D eigenvalue weighted by molar-refractivity contribution is -0.131. The number of ketones is 1. The van der Waals surface area contributed by atoms with Gasteiger partial charge < -0.3 is 10.1 Å². The number of H-pyrrole nitrogens is 1. The summed E-state index contributed by atoms with van der Waals surface area (Å²) in [5.74, 6) is -2.34. The van der Waals surface area contributed by atoms with Crippen LogP contribution < -0.4 is 0 Å². The molecule has 2 rings (SSSR count). The van der Waals surface area contributed by atoms with Crippen molar-refractivity contribution in [1.29, 1.82) is 0 Å². The number of carbonyl (C=O) groups is 2. The minimum atomic E-state index is -1.44. The highest BCUT2D eigenvalue weighted by Gasteiger charge is 2.19. The summed E-state index contributed by atoms with van der Waals surface area (Å²) in [5.41, 5.74) is 1.88. The molecule has 0 saturated heterocycles. The number of carboxylic acid groups (broad SMARTS) is 1. The number of hydrogen-bond acceptors (Lipinski definition) is 2. The van der Waals surface area contributed by atoms with Gasteiger partial charge in [0.25, 0.3) is 5.78 Å². The van der Waals surface area contributed by atoms with E-state index >= 15 is 0 Å². The first-order valence-electron chi connectivity index (χ1n) is 4.55. The van der Waals surface area contributed by atoms with Crippen LogP contribution in [0.5, 0.6) is 0 Å². The zero-order valence-electron chi connectivity index (χ0n) is 8.37. The van der Waals surface area contributed by atoms with Gasteiger partial charge in [-0.15, -0.1) is 0 Å². The van der Waals surface area contributed by atoms with Gasteiger partial charge in [-0.1, -0.05) is 15.9 Å². The molecule has 82 valence electrons. The number of benzene rings is 1.